The highest BCUT2D eigenvalue weighted by atomic mass is 32.2. The van der Waals surface area contributed by atoms with Crippen LogP contribution in [-0.4, -0.2) is 6.29 Å². The van der Waals surface area contributed by atoms with Crippen LogP contribution in [0, 0.1) is 6.92 Å². The Labute approximate surface area is 106 Å². The van der Waals surface area contributed by atoms with E-state index in [1.54, 1.807) is 11.8 Å². The van der Waals surface area contributed by atoms with Gasteiger partial charge < -0.3 is 0 Å². The number of rotatable bonds is 4. The van der Waals surface area contributed by atoms with E-state index in [1.807, 2.05) is 24.3 Å². The average molecular weight is 242 g/mol. The lowest BCUT2D eigenvalue weighted by Gasteiger charge is -2.04. The van der Waals surface area contributed by atoms with Crippen molar-refractivity contribution in [3.05, 3.63) is 65.2 Å². The second kappa shape index (κ2) is 5.69. The summed E-state index contributed by atoms with van der Waals surface area (Å²) in [6.45, 7) is 2.08. The Kier molecular flexibility index (Phi) is 3.99. The summed E-state index contributed by atoms with van der Waals surface area (Å²) in [7, 11) is 0. The summed E-state index contributed by atoms with van der Waals surface area (Å²) in [4.78, 5) is 11.9. The fourth-order valence-electron chi connectivity index (χ4n) is 1.55. The fourth-order valence-corrected chi connectivity index (χ4v) is 2.53. The van der Waals surface area contributed by atoms with Gasteiger partial charge in [-0.15, -0.1) is 11.8 Å². The molecule has 0 atom stereocenters. The Morgan fingerprint density at radius 1 is 1.06 bits per heavy atom. The molecule has 2 rings (SSSR count). The minimum Gasteiger partial charge on any atom is -0.298 e. The molecule has 0 aliphatic carbocycles. The number of carbonyl (C=O) groups excluding carboxylic acids is 1. The van der Waals surface area contributed by atoms with Crippen molar-refractivity contribution in [2.75, 3.05) is 0 Å². The molecule has 0 spiro atoms. The van der Waals surface area contributed by atoms with Gasteiger partial charge in [0.1, 0.15) is 0 Å². The van der Waals surface area contributed by atoms with Gasteiger partial charge in [0.2, 0.25) is 0 Å². The number of benzene rings is 2. The van der Waals surface area contributed by atoms with Crippen LogP contribution in [0.4, 0.5) is 0 Å². The van der Waals surface area contributed by atoms with Crippen molar-refractivity contribution in [2.24, 2.45) is 0 Å². The molecule has 2 heteroatoms. The average Bonchev–Trinajstić information content (AvgIpc) is 2.38. The Morgan fingerprint density at radius 2 is 1.76 bits per heavy atom. The molecule has 0 amide bonds. The topological polar surface area (TPSA) is 17.1 Å². The van der Waals surface area contributed by atoms with Gasteiger partial charge in [-0.05, 0) is 18.6 Å². The van der Waals surface area contributed by atoms with Crippen molar-refractivity contribution in [3.63, 3.8) is 0 Å². The third kappa shape index (κ3) is 3.21. The van der Waals surface area contributed by atoms with E-state index in [0.717, 1.165) is 22.5 Å². The number of thioether (sulfide) groups is 1. The maximum atomic E-state index is 10.9. The standard InChI is InChI=1S/C15H14OS/c1-12-6-8-13(9-7-12)11-17-15-5-3-2-4-14(15)10-16/h2-10H,11H2,1H3. The molecule has 0 saturated carbocycles. The van der Waals surface area contributed by atoms with Gasteiger partial charge in [-0.1, -0.05) is 48.0 Å². The van der Waals surface area contributed by atoms with Crippen LogP contribution in [-0.2, 0) is 5.75 Å². The maximum absolute atomic E-state index is 10.9. The lowest BCUT2D eigenvalue weighted by molar-refractivity contribution is 0.112. The van der Waals surface area contributed by atoms with Crippen molar-refractivity contribution in [1.29, 1.82) is 0 Å². The summed E-state index contributed by atoms with van der Waals surface area (Å²) >= 11 is 1.70. The molecule has 2 aromatic rings. The number of aryl methyl sites for hydroxylation is 1. The first-order valence-corrected chi connectivity index (χ1v) is 6.51. The normalized spacial score (nSPS) is 10.2. The van der Waals surface area contributed by atoms with Crippen LogP contribution in [0.15, 0.2) is 53.4 Å². The Morgan fingerprint density at radius 3 is 2.47 bits per heavy atom. The van der Waals surface area contributed by atoms with Crippen LogP contribution in [0.5, 0.6) is 0 Å². The van der Waals surface area contributed by atoms with E-state index in [0.29, 0.717) is 0 Å². The third-order valence-corrected chi connectivity index (χ3v) is 3.72. The van der Waals surface area contributed by atoms with E-state index in [-0.39, 0.29) is 0 Å². The minimum absolute atomic E-state index is 0.768. The summed E-state index contributed by atoms with van der Waals surface area (Å²) < 4.78 is 0. The zero-order valence-corrected chi connectivity index (χ0v) is 10.5. The van der Waals surface area contributed by atoms with E-state index in [9.17, 15) is 4.79 Å². The predicted octanol–water partition coefficient (Wildman–Crippen LogP) is 4.10. The smallest absolute Gasteiger partial charge is 0.151 e. The van der Waals surface area contributed by atoms with E-state index in [4.69, 9.17) is 0 Å². The van der Waals surface area contributed by atoms with Crippen molar-refractivity contribution >= 4 is 18.0 Å². The van der Waals surface area contributed by atoms with Crippen molar-refractivity contribution in [2.45, 2.75) is 17.6 Å². The van der Waals surface area contributed by atoms with Crippen molar-refractivity contribution in [1.82, 2.24) is 0 Å². The number of hydrogen-bond acceptors (Lipinski definition) is 2. The molecule has 1 nitrogen and oxygen atoms in total. The molecule has 0 radical (unpaired) electrons. The molecule has 0 N–H and O–H groups in total. The predicted molar refractivity (Wildman–Crippen MR) is 72.6 cm³/mol. The van der Waals surface area contributed by atoms with Gasteiger partial charge in [0.25, 0.3) is 0 Å². The van der Waals surface area contributed by atoms with Crippen LogP contribution < -0.4 is 0 Å². The lowest BCUT2D eigenvalue weighted by atomic mass is 10.2. The molecule has 0 heterocycles. The second-order valence-electron chi connectivity index (χ2n) is 3.93. The summed E-state index contributed by atoms with van der Waals surface area (Å²) in [5, 5.41) is 0. The summed E-state index contributed by atoms with van der Waals surface area (Å²) in [6.07, 6.45) is 0.914. The molecule has 0 aliphatic heterocycles. The fraction of sp³-hybridized carbons (Fsp3) is 0.133. The highest BCUT2D eigenvalue weighted by molar-refractivity contribution is 7.98. The van der Waals surface area contributed by atoms with Crippen LogP contribution in [0.2, 0.25) is 0 Å². The number of aldehydes is 1. The van der Waals surface area contributed by atoms with Crippen molar-refractivity contribution in [3.8, 4) is 0 Å². The minimum atomic E-state index is 0.768. The lowest BCUT2D eigenvalue weighted by Crippen LogP contribution is -1.86. The zero-order chi connectivity index (χ0) is 12.1. The summed E-state index contributed by atoms with van der Waals surface area (Å²) in [6, 6.07) is 16.2. The van der Waals surface area contributed by atoms with Gasteiger partial charge in [0.05, 0.1) is 0 Å². The van der Waals surface area contributed by atoms with Gasteiger partial charge in [-0.3, -0.25) is 4.79 Å². The molecular weight excluding hydrogens is 228 g/mol. The molecule has 2 aromatic carbocycles. The van der Waals surface area contributed by atoms with Crippen LogP contribution in [0.3, 0.4) is 0 Å². The highest BCUT2D eigenvalue weighted by Gasteiger charge is 2.01. The zero-order valence-electron chi connectivity index (χ0n) is 9.72. The first kappa shape index (κ1) is 11.9. The maximum Gasteiger partial charge on any atom is 0.151 e. The number of hydrogen-bond donors (Lipinski definition) is 0. The molecule has 0 unspecified atom stereocenters. The van der Waals surface area contributed by atoms with Gasteiger partial charge in [-0.25, -0.2) is 0 Å². The second-order valence-corrected chi connectivity index (χ2v) is 4.95. The first-order chi connectivity index (χ1) is 8.29. The van der Waals surface area contributed by atoms with Crippen LogP contribution >= 0.6 is 11.8 Å². The Hall–Kier alpha value is -1.54. The highest BCUT2D eigenvalue weighted by Crippen LogP contribution is 2.25. The van der Waals surface area contributed by atoms with E-state index < -0.39 is 0 Å². The monoisotopic (exact) mass is 242 g/mol. The molecule has 0 aliphatic rings. The summed E-state index contributed by atoms with van der Waals surface area (Å²) in [5.74, 6) is 0.894. The Bertz CT molecular complexity index is 503. The largest absolute Gasteiger partial charge is 0.298 e. The van der Waals surface area contributed by atoms with Crippen LogP contribution in [0.1, 0.15) is 21.5 Å². The Balaban J connectivity index is 2.07. The van der Waals surface area contributed by atoms with Crippen molar-refractivity contribution < 1.29 is 4.79 Å². The van der Waals surface area contributed by atoms with E-state index in [2.05, 4.69) is 31.2 Å². The molecule has 0 aromatic heterocycles. The number of carbonyl (C=O) groups is 1. The quantitative estimate of drug-likeness (QED) is 0.593. The molecule has 0 saturated heterocycles. The van der Waals surface area contributed by atoms with E-state index in [1.165, 1.54) is 11.1 Å². The van der Waals surface area contributed by atoms with Gasteiger partial charge in [-0.2, -0.15) is 0 Å². The third-order valence-electron chi connectivity index (χ3n) is 2.56. The molecular formula is C15H14OS. The molecule has 86 valence electrons. The van der Waals surface area contributed by atoms with Gasteiger partial charge in [0, 0.05) is 16.2 Å². The summed E-state index contributed by atoms with van der Waals surface area (Å²) in [5.41, 5.74) is 3.32. The molecule has 0 bridgehead atoms. The van der Waals surface area contributed by atoms with Gasteiger partial charge >= 0.3 is 0 Å². The molecule has 17 heavy (non-hydrogen) atoms. The van der Waals surface area contributed by atoms with Crippen LogP contribution in [0.25, 0.3) is 0 Å². The molecule has 0 fully saturated rings. The first-order valence-electron chi connectivity index (χ1n) is 5.52. The van der Waals surface area contributed by atoms with E-state index >= 15 is 0 Å². The van der Waals surface area contributed by atoms with Gasteiger partial charge in [0.15, 0.2) is 6.29 Å². The SMILES string of the molecule is Cc1ccc(CSc2ccccc2C=O)cc1.